The minimum Gasteiger partial charge on any atom is -0.397 e. The molecule has 1 aliphatic carbocycles. The van der Waals surface area contributed by atoms with Crippen LogP contribution in [0.5, 0.6) is 0 Å². The molecular weight excluding hydrogens is 479 g/mol. The van der Waals surface area contributed by atoms with Crippen molar-refractivity contribution in [2.45, 2.75) is 44.4 Å². The number of nitrogens with one attached hydrogen (secondary N) is 2. The van der Waals surface area contributed by atoms with Gasteiger partial charge in [-0.15, -0.1) is 11.3 Å². The molecule has 1 amide bonds. The SMILES string of the molecule is Cc1ccc2c(N)c(C(=O)N[C@@H]3CCc4c(C#N)c(N5CC6CNCC5CO6)cc(F)c4C3)sc2n1. The summed E-state index contributed by atoms with van der Waals surface area (Å²) in [5, 5.41) is 17.3. The summed E-state index contributed by atoms with van der Waals surface area (Å²) in [5.74, 6) is -0.597. The predicted octanol–water partition coefficient (Wildman–Crippen LogP) is 2.66. The topological polar surface area (TPSA) is 116 Å². The molecule has 4 N–H and O–H groups in total. The molecule has 0 saturated carbocycles. The molecule has 2 unspecified atom stereocenters. The highest BCUT2D eigenvalue weighted by atomic mass is 32.1. The quantitative estimate of drug-likeness (QED) is 0.500. The first-order valence-corrected chi connectivity index (χ1v) is 13.0. The normalized spacial score (nSPS) is 23.2. The third-order valence-electron chi connectivity index (χ3n) is 7.48. The number of aromatic nitrogens is 1. The van der Waals surface area contributed by atoms with Crippen LogP contribution >= 0.6 is 11.3 Å². The number of fused-ring (bicyclic) bond motifs is 6. The van der Waals surface area contributed by atoms with E-state index < -0.39 is 0 Å². The van der Waals surface area contributed by atoms with E-state index in [1.54, 1.807) is 0 Å². The third kappa shape index (κ3) is 3.88. The molecule has 3 saturated heterocycles. The summed E-state index contributed by atoms with van der Waals surface area (Å²) in [6.45, 7) is 4.58. The van der Waals surface area contributed by atoms with E-state index in [0.29, 0.717) is 59.8 Å². The molecule has 3 aliphatic heterocycles. The van der Waals surface area contributed by atoms with Crippen molar-refractivity contribution in [1.82, 2.24) is 15.6 Å². The number of rotatable bonds is 3. The number of aryl methyl sites for hydroxylation is 1. The molecule has 1 aromatic carbocycles. The summed E-state index contributed by atoms with van der Waals surface area (Å²) < 4.78 is 21.4. The Hall–Kier alpha value is -3.26. The van der Waals surface area contributed by atoms with Gasteiger partial charge in [0.1, 0.15) is 21.6 Å². The lowest BCUT2D eigenvalue weighted by molar-refractivity contribution is 0.0391. The van der Waals surface area contributed by atoms with Crippen molar-refractivity contribution in [3.05, 3.63) is 51.3 Å². The van der Waals surface area contributed by atoms with E-state index in [0.717, 1.165) is 34.6 Å². The van der Waals surface area contributed by atoms with Crippen LogP contribution in [0.15, 0.2) is 18.2 Å². The molecule has 0 radical (unpaired) electrons. The number of hydrogen-bond acceptors (Lipinski definition) is 8. The number of carbonyl (C=O) groups is 1. The minimum absolute atomic E-state index is 0.0226. The van der Waals surface area contributed by atoms with Gasteiger partial charge in [-0.1, -0.05) is 0 Å². The highest BCUT2D eigenvalue weighted by Crippen LogP contribution is 2.37. The Bertz CT molecular complexity index is 1410. The van der Waals surface area contributed by atoms with Crippen LogP contribution < -0.4 is 21.3 Å². The average Bonchev–Trinajstić information content (AvgIpc) is 3.02. The molecule has 5 heterocycles. The number of nitrogen functional groups attached to an aromatic ring is 1. The number of halogens is 1. The van der Waals surface area contributed by atoms with Gasteiger partial charge in [0.25, 0.3) is 5.91 Å². The molecule has 8 nitrogen and oxygen atoms in total. The van der Waals surface area contributed by atoms with Gasteiger partial charge in [-0.25, -0.2) is 9.37 Å². The first kappa shape index (κ1) is 23.2. The van der Waals surface area contributed by atoms with Gasteiger partial charge in [0.15, 0.2) is 0 Å². The zero-order valence-electron chi connectivity index (χ0n) is 19.9. The maximum absolute atomic E-state index is 15.5. The summed E-state index contributed by atoms with van der Waals surface area (Å²) in [5.41, 5.74) is 10.0. The van der Waals surface area contributed by atoms with E-state index in [2.05, 4.69) is 26.6 Å². The number of ether oxygens (including phenoxy) is 1. The molecule has 2 aromatic heterocycles. The average molecular weight is 507 g/mol. The molecule has 3 aromatic rings. The molecule has 36 heavy (non-hydrogen) atoms. The van der Waals surface area contributed by atoms with Gasteiger partial charge in [-0.05, 0) is 55.5 Å². The molecule has 4 aliphatic rings. The maximum Gasteiger partial charge on any atom is 0.263 e. The highest BCUT2D eigenvalue weighted by molar-refractivity contribution is 7.21. The molecular formula is C26H27FN6O2S. The first-order chi connectivity index (χ1) is 17.4. The largest absolute Gasteiger partial charge is 0.397 e. The molecule has 10 heteroatoms. The van der Waals surface area contributed by atoms with Crippen molar-refractivity contribution < 1.29 is 13.9 Å². The number of hydrogen-bond donors (Lipinski definition) is 3. The molecule has 186 valence electrons. The van der Waals surface area contributed by atoms with Crippen molar-refractivity contribution in [3.8, 4) is 6.07 Å². The smallest absolute Gasteiger partial charge is 0.263 e. The number of nitrogens with two attached hydrogens (primary N) is 1. The third-order valence-corrected chi connectivity index (χ3v) is 8.59. The number of nitriles is 1. The van der Waals surface area contributed by atoms with Crippen LogP contribution in [0.1, 0.15) is 38.5 Å². The Labute approximate surface area is 212 Å². The Morgan fingerprint density at radius 2 is 2.25 bits per heavy atom. The molecule has 2 bridgehead atoms. The van der Waals surface area contributed by atoms with Crippen molar-refractivity contribution in [1.29, 1.82) is 5.26 Å². The van der Waals surface area contributed by atoms with Crippen LogP contribution in [-0.2, 0) is 17.6 Å². The number of morpholine rings is 1. The number of anilines is 2. The number of nitrogens with zero attached hydrogens (tertiary/aromatic N) is 3. The van der Waals surface area contributed by atoms with Gasteiger partial charge in [0, 0.05) is 36.8 Å². The fourth-order valence-electron chi connectivity index (χ4n) is 5.63. The second-order valence-electron chi connectivity index (χ2n) is 9.80. The van der Waals surface area contributed by atoms with Gasteiger partial charge in [0.05, 0.1) is 35.7 Å². The van der Waals surface area contributed by atoms with E-state index in [-0.39, 0.29) is 29.9 Å². The van der Waals surface area contributed by atoms with Crippen LogP contribution in [0.4, 0.5) is 15.8 Å². The predicted molar refractivity (Wildman–Crippen MR) is 137 cm³/mol. The second kappa shape index (κ2) is 9.00. The Balaban J connectivity index is 1.26. The lowest BCUT2D eigenvalue weighted by Gasteiger charge is -2.39. The Kier molecular flexibility index (Phi) is 5.79. The zero-order valence-corrected chi connectivity index (χ0v) is 20.8. The summed E-state index contributed by atoms with van der Waals surface area (Å²) >= 11 is 1.27. The Morgan fingerprint density at radius 3 is 3.08 bits per heavy atom. The van der Waals surface area contributed by atoms with Gasteiger partial charge in [0.2, 0.25) is 0 Å². The molecule has 7 rings (SSSR count). The molecule has 0 spiro atoms. The fourth-order valence-corrected chi connectivity index (χ4v) is 6.68. The summed E-state index contributed by atoms with van der Waals surface area (Å²) in [7, 11) is 0. The van der Waals surface area contributed by atoms with Crippen LogP contribution in [-0.4, -0.2) is 55.3 Å². The van der Waals surface area contributed by atoms with Crippen LogP contribution in [0, 0.1) is 24.1 Å². The summed E-state index contributed by atoms with van der Waals surface area (Å²) in [4.78, 5) is 20.9. The summed E-state index contributed by atoms with van der Waals surface area (Å²) in [6.07, 6.45) is 1.50. The van der Waals surface area contributed by atoms with E-state index in [4.69, 9.17) is 10.5 Å². The molecule has 3 fully saturated rings. The van der Waals surface area contributed by atoms with Gasteiger partial charge >= 0.3 is 0 Å². The van der Waals surface area contributed by atoms with Crippen molar-refractivity contribution in [2.75, 3.05) is 36.9 Å². The Morgan fingerprint density at radius 1 is 1.39 bits per heavy atom. The van der Waals surface area contributed by atoms with E-state index in [1.165, 1.54) is 17.4 Å². The van der Waals surface area contributed by atoms with E-state index in [9.17, 15) is 10.1 Å². The number of thiophene rings is 1. The van der Waals surface area contributed by atoms with E-state index >= 15 is 4.39 Å². The van der Waals surface area contributed by atoms with Crippen LogP contribution in [0.25, 0.3) is 10.2 Å². The van der Waals surface area contributed by atoms with Crippen LogP contribution in [0.3, 0.4) is 0 Å². The van der Waals surface area contributed by atoms with Crippen molar-refractivity contribution >= 4 is 38.8 Å². The fraction of sp³-hybridized carbons (Fsp3) is 0.423. The van der Waals surface area contributed by atoms with Gasteiger partial charge < -0.3 is 26.0 Å². The van der Waals surface area contributed by atoms with E-state index in [1.807, 2.05) is 19.1 Å². The first-order valence-electron chi connectivity index (χ1n) is 12.2. The standard InChI is InChI=1S/C26H27FN6O2S/c1-13-2-4-18-23(29)24(36-26(18)31-13)25(34)32-14-3-5-17-19(6-14)21(27)7-22(20(17)8-28)33-11-16-10-30-9-15(33)12-35-16/h2,4,7,14-16,30H,3,5-6,9-12,29H2,1H3,(H,32,34)/t14-,15?,16?/m1/s1. The monoisotopic (exact) mass is 506 g/mol. The highest BCUT2D eigenvalue weighted by Gasteiger charge is 2.36. The number of pyridine rings is 1. The summed E-state index contributed by atoms with van der Waals surface area (Å²) in [6, 6.07) is 7.43. The minimum atomic E-state index is -0.326. The van der Waals surface area contributed by atoms with Gasteiger partial charge in [-0.3, -0.25) is 4.79 Å². The lowest BCUT2D eigenvalue weighted by atomic mass is 9.84. The maximum atomic E-state index is 15.5. The molecule has 3 atom stereocenters. The van der Waals surface area contributed by atoms with Crippen molar-refractivity contribution in [3.63, 3.8) is 0 Å². The number of carbonyl (C=O) groups excluding carboxylic acids is 1. The van der Waals surface area contributed by atoms with Crippen molar-refractivity contribution in [2.24, 2.45) is 0 Å². The second-order valence-corrected chi connectivity index (χ2v) is 10.8. The zero-order chi connectivity index (χ0) is 25.0. The number of benzene rings is 1. The number of amides is 1. The van der Waals surface area contributed by atoms with Gasteiger partial charge in [-0.2, -0.15) is 5.26 Å². The lowest BCUT2D eigenvalue weighted by Crippen LogP contribution is -2.50. The van der Waals surface area contributed by atoms with Crippen LogP contribution in [0.2, 0.25) is 0 Å².